The van der Waals surface area contributed by atoms with Gasteiger partial charge in [0, 0.05) is 10.7 Å². The van der Waals surface area contributed by atoms with E-state index in [1.165, 1.54) is 12.0 Å². The van der Waals surface area contributed by atoms with Gasteiger partial charge in [-0.3, -0.25) is 19.3 Å². The summed E-state index contributed by atoms with van der Waals surface area (Å²) >= 11 is 8.44. The number of benzene rings is 2. The van der Waals surface area contributed by atoms with E-state index in [0.717, 1.165) is 11.8 Å². The van der Waals surface area contributed by atoms with Crippen LogP contribution in [-0.2, 0) is 9.59 Å². The molecule has 2 N–H and O–H groups in total. The van der Waals surface area contributed by atoms with Gasteiger partial charge in [0.1, 0.15) is 5.75 Å². The fraction of sp³-hybridized carbons (Fsp3) is 0.150. The van der Waals surface area contributed by atoms with Gasteiger partial charge in [-0.15, -0.1) is 0 Å². The minimum Gasteiger partial charge on any atom is -0.496 e. The zero-order valence-corrected chi connectivity index (χ0v) is 18.4. The number of hydrogen-bond donors (Lipinski definition) is 2. The molecule has 3 amide bonds. The van der Waals surface area contributed by atoms with Crippen LogP contribution in [0.5, 0.6) is 5.75 Å². The number of rotatable bonds is 5. The lowest BCUT2D eigenvalue weighted by molar-refractivity contribution is -0.130. The number of anilines is 1. The summed E-state index contributed by atoms with van der Waals surface area (Å²) in [6.07, 6.45) is 1.07. The van der Waals surface area contributed by atoms with Gasteiger partial charge in [0.15, 0.2) is 11.0 Å². The Morgan fingerprint density at radius 3 is 2.63 bits per heavy atom. The lowest BCUT2D eigenvalue weighted by Gasteiger charge is -2.30. The van der Waals surface area contributed by atoms with E-state index in [-0.39, 0.29) is 10.7 Å². The second kappa shape index (κ2) is 9.14. The van der Waals surface area contributed by atoms with E-state index in [1.54, 1.807) is 30.3 Å². The Hall–Kier alpha value is -3.11. The van der Waals surface area contributed by atoms with Gasteiger partial charge in [-0.1, -0.05) is 33.6 Å². The van der Waals surface area contributed by atoms with Crippen molar-refractivity contribution in [2.75, 3.05) is 12.0 Å². The molecule has 1 aliphatic rings. The van der Waals surface area contributed by atoms with Gasteiger partial charge in [0.2, 0.25) is 5.91 Å². The number of amides is 3. The summed E-state index contributed by atoms with van der Waals surface area (Å²) in [6.45, 7) is 1.92. The van der Waals surface area contributed by atoms with Crippen molar-refractivity contribution in [2.45, 2.75) is 6.92 Å². The lowest BCUT2D eigenvalue weighted by Crippen LogP contribution is -2.58. The van der Waals surface area contributed by atoms with E-state index in [4.69, 9.17) is 17.0 Å². The number of thiocarbonyl (C=S) groups is 1. The van der Waals surface area contributed by atoms with Crippen molar-refractivity contribution < 1.29 is 19.1 Å². The highest BCUT2D eigenvalue weighted by Gasteiger charge is 2.38. The molecule has 0 aliphatic carbocycles. The molecular formula is C20H17BrN4O4S. The lowest BCUT2D eigenvalue weighted by atomic mass is 10.1. The number of halogens is 1. The van der Waals surface area contributed by atoms with E-state index in [2.05, 4.69) is 31.8 Å². The predicted molar refractivity (Wildman–Crippen MR) is 120 cm³/mol. The van der Waals surface area contributed by atoms with E-state index in [9.17, 15) is 14.4 Å². The SMILES string of the molecule is COc1ccc(Br)cc1C(=O)N/N=C/[C@@H]1C(=O)NC(=S)N(c2ccc(C)cc2)C1=O. The van der Waals surface area contributed by atoms with Gasteiger partial charge in [0.05, 0.1) is 18.4 Å². The second-order valence-electron chi connectivity index (χ2n) is 6.34. The molecule has 1 saturated heterocycles. The molecule has 3 rings (SSSR count). The molecule has 0 spiro atoms. The Bertz CT molecular complexity index is 1060. The third-order valence-electron chi connectivity index (χ3n) is 4.29. The van der Waals surface area contributed by atoms with E-state index in [1.807, 2.05) is 19.1 Å². The number of aryl methyl sites for hydroxylation is 1. The Labute approximate surface area is 186 Å². The number of methoxy groups -OCH3 is 1. The second-order valence-corrected chi connectivity index (χ2v) is 7.65. The van der Waals surface area contributed by atoms with Crippen molar-refractivity contribution in [3.05, 3.63) is 58.1 Å². The minimum absolute atomic E-state index is 0.0126. The third kappa shape index (κ3) is 4.55. The van der Waals surface area contributed by atoms with Crippen LogP contribution in [0, 0.1) is 12.8 Å². The standard InChI is InChI=1S/C20H17BrN4O4S/c1-11-3-6-13(7-4-11)25-19(28)15(17(26)23-20(25)30)10-22-24-18(27)14-9-12(21)5-8-16(14)29-2/h3-10,15H,1-2H3,(H,24,27)(H,23,26,30)/b22-10+/t15-/m1/s1. The van der Waals surface area contributed by atoms with E-state index < -0.39 is 23.6 Å². The quantitative estimate of drug-likeness (QED) is 0.291. The van der Waals surface area contributed by atoms with Crippen LogP contribution < -0.4 is 20.4 Å². The fourth-order valence-electron chi connectivity index (χ4n) is 2.75. The van der Waals surface area contributed by atoms with Crippen LogP contribution in [0.2, 0.25) is 0 Å². The molecule has 10 heteroatoms. The maximum atomic E-state index is 12.9. The highest BCUT2D eigenvalue weighted by Crippen LogP contribution is 2.23. The van der Waals surface area contributed by atoms with E-state index >= 15 is 0 Å². The average Bonchev–Trinajstić information content (AvgIpc) is 2.71. The molecule has 1 aliphatic heterocycles. The topological polar surface area (TPSA) is 100 Å². The number of hydrazone groups is 1. The molecule has 2 aromatic rings. The monoisotopic (exact) mass is 488 g/mol. The van der Waals surface area contributed by atoms with Gasteiger partial charge in [-0.25, -0.2) is 5.43 Å². The normalized spacial score (nSPS) is 16.6. The number of hydrogen-bond acceptors (Lipinski definition) is 6. The molecule has 154 valence electrons. The van der Waals surface area contributed by atoms with Crippen LogP contribution in [0.3, 0.4) is 0 Å². The van der Waals surface area contributed by atoms with Crippen LogP contribution in [0.15, 0.2) is 52.0 Å². The molecule has 0 aromatic heterocycles. The summed E-state index contributed by atoms with van der Waals surface area (Å²) in [5.74, 6) is -2.63. The summed E-state index contributed by atoms with van der Waals surface area (Å²) in [5, 5.41) is 6.27. The molecule has 0 unspecified atom stereocenters. The van der Waals surface area contributed by atoms with Crippen LogP contribution in [0.4, 0.5) is 5.69 Å². The molecule has 1 heterocycles. The van der Waals surface area contributed by atoms with Gasteiger partial charge < -0.3 is 10.1 Å². The van der Waals surface area contributed by atoms with E-state index in [0.29, 0.717) is 15.9 Å². The first kappa shape index (κ1) is 21.6. The number of nitrogens with one attached hydrogen (secondary N) is 2. The van der Waals surface area contributed by atoms with Crippen molar-refractivity contribution in [3.63, 3.8) is 0 Å². The van der Waals surface area contributed by atoms with Crippen LogP contribution in [0.1, 0.15) is 15.9 Å². The van der Waals surface area contributed by atoms with Gasteiger partial charge >= 0.3 is 0 Å². The molecule has 1 atom stereocenters. The maximum Gasteiger partial charge on any atom is 0.275 e. The molecule has 1 fully saturated rings. The van der Waals surface area contributed by atoms with Gasteiger partial charge in [-0.2, -0.15) is 5.10 Å². The van der Waals surface area contributed by atoms with Crippen LogP contribution in [0.25, 0.3) is 0 Å². The smallest absolute Gasteiger partial charge is 0.275 e. The summed E-state index contributed by atoms with van der Waals surface area (Å²) in [6, 6.07) is 12.0. The first-order valence-corrected chi connectivity index (χ1v) is 9.94. The molecule has 2 aromatic carbocycles. The molecule has 0 bridgehead atoms. The zero-order chi connectivity index (χ0) is 21.8. The summed E-state index contributed by atoms with van der Waals surface area (Å²) < 4.78 is 5.84. The Kier molecular flexibility index (Phi) is 6.58. The third-order valence-corrected chi connectivity index (χ3v) is 5.07. The zero-order valence-electron chi connectivity index (χ0n) is 16.0. The average molecular weight is 489 g/mol. The van der Waals surface area contributed by atoms with Crippen molar-refractivity contribution >= 4 is 62.9 Å². The summed E-state index contributed by atoms with van der Waals surface area (Å²) in [4.78, 5) is 38.8. The highest BCUT2D eigenvalue weighted by atomic mass is 79.9. The van der Waals surface area contributed by atoms with Gasteiger partial charge in [-0.05, 0) is 49.5 Å². The van der Waals surface area contributed by atoms with Crippen molar-refractivity contribution in [3.8, 4) is 5.75 Å². The Balaban J connectivity index is 1.77. The first-order valence-electron chi connectivity index (χ1n) is 8.74. The fourth-order valence-corrected chi connectivity index (χ4v) is 3.41. The molecule has 30 heavy (non-hydrogen) atoms. The van der Waals surface area contributed by atoms with Gasteiger partial charge in [0.25, 0.3) is 11.8 Å². The van der Waals surface area contributed by atoms with Crippen LogP contribution in [-0.4, -0.2) is 36.2 Å². The minimum atomic E-state index is -1.25. The number of ether oxygens (including phenoxy) is 1. The largest absolute Gasteiger partial charge is 0.496 e. The number of nitrogens with zero attached hydrogens (tertiary/aromatic N) is 2. The Morgan fingerprint density at radius 2 is 1.97 bits per heavy atom. The maximum absolute atomic E-state index is 12.9. The van der Waals surface area contributed by atoms with Crippen LogP contribution >= 0.6 is 28.1 Å². The van der Waals surface area contributed by atoms with Crippen molar-refractivity contribution in [1.29, 1.82) is 0 Å². The molecular weight excluding hydrogens is 472 g/mol. The highest BCUT2D eigenvalue weighted by molar-refractivity contribution is 9.10. The van der Waals surface area contributed by atoms with Crippen molar-refractivity contribution in [2.24, 2.45) is 11.0 Å². The number of carbonyl (C=O) groups excluding carboxylic acids is 3. The molecule has 8 nitrogen and oxygen atoms in total. The Morgan fingerprint density at radius 1 is 1.27 bits per heavy atom. The molecule has 0 radical (unpaired) electrons. The summed E-state index contributed by atoms with van der Waals surface area (Å²) in [7, 11) is 1.44. The van der Waals surface area contributed by atoms with Crippen molar-refractivity contribution in [1.82, 2.24) is 10.7 Å². The number of carbonyl (C=O) groups is 3. The summed E-state index contributed by atoms with van der Waals surface area (Å²) in [5.41, 5.74) is 4.09. The first-order chi connectivity index (χ1) is 14.3. The molecule has 0 saturated carbocycles. The predicted octanol–water partition coefficient (Wildman–Crippen LogP) is 2.55.